The SMILES string of the molecule is CCNC(=NCC(C)N(C)C1CC1)NCC(O)c1cc(Cl)cc(Cl)c1.I. The summed E-state index contributed by atoms with van der Waals surface area (Å²) in [5.74, 6) is 0.700. The Morgan fingerprint density at radius 1 is 1.27 bits per heavy atom. The number of hydrogen-bond donors (Lipinski definition) is 3. The quantitative estimate of drug-likeness (QED) is 0.281. The van der Waals surface area contributed by atoms with Gasteiger partial charge in [0.05, 0.1) is 12.6 Å². The monoisotopic (exact) mass is 514 g/mol. The molecule has 148 valence electrons. The average molecular weight is 515 g/mol. The van der Waals surface area contributed by atoms with E-state index in [0.29, 0.717) is 40.7 Å². The Kier molecular flexibility index (Phi) is 10.5. The second kappa shape index (κ2) is 11.5. The van der Waals surface area contributed by atoms with Crippen molar-refractivity contribution in [2.24, 2.45) is 4.99 Å². The second-order valence-electron chi connectivity index (χ2n) is 6.56. The third-order valence-corrected chi connectivity index (χ3v) is 4.84. The standard InChI is InChI=1S/C18H28Cl2N4O.HI/c1-4-21-18(22-10-12(2)24(3)16-5-6-16)23-11-17(25)13-7-14(19)9-15(20)8-13;/h7-9,12,16-17,25H,4-6,10-11H2,1-3H3,(H2,21,22,23);1H. The van der Waals surface area contributed by atoms with Gasteiger partial charge in [-0.15, -0.1) is 24.0 Å². The molecule has 2 atom stereocenters. The van der Waals surface area contributed by atoms with E-state index in [1.807, 2.05) is 6.92 Å². The highest BCUT2D eigenvalue weighted by molar-refractivity contribution is 14.0. The molecule has 8 heteroatoms. The predicted molar refractivity (Wildman–Crippen MR) is 121 cm³/mol. The van der Waals surface area contributed by atoms with Crippen molar-refractivity contribution in [2.75, 3.05) is 26.7 Å². The molecule has 2 unspecified atom stereocenters. The Morgan fingerprint density at radius 2 is 1.88 bits per heavy atom. The van der Waals surface area contributed by atoms with Gasteiger partial charge in [-0.1, -0.05) is 23.2 Å². The van der Waals surface area contributed by atoms with Crippen molar-refractivity contribution >= 4 is 53.1 Å². The Morgan fingerprint density at radius 3 is 2.42 bits per heavy atom. The number of likely N-dealkylation sites (N-methyl/N-ethyl adjacent to an activating group) is 1. The minimum absolute atomic E-state index is 0. The molecule has 2 rings (SSSR count). The maximum absolute atomic E-state index is 10.4. The topological polar surface area (TPSA) is 59.9 Å². The van der Waals surface area contributed by atoms with E-state index in [4.69, 9.17) is 23.2 Å². The van der Waals surface area contributed by atoms with Crippen molar-refractivity contribution in [3.05, 3.63) is 33.8 Å². The molecule has 3 N–H and O–H groups in total. The molecule has 1 aromatic carbocycles. The minimum atomic E-state index is -0.716. The summed E-state index contributed by atoms with van der Waals surface area (Å²) in [6.45, 7) is 6.01. The zero-order valence-corrected chi connectivity index (χ0v) is 19.3. The van der Waals surface area contributed by atoms with Crippen LogP contribution in [0, 0.1) is 0 Å². The number of nitrogens with zero attached hydrogens (tertiary/aromatic N) is 2. The van der Waals surface area contributed by atoms with Gasteiger partial charge in [-0.05, 0) is 57.5 Å². The maximum atomic E-state index is 10.4. The molecular weight excluding hydrogens is 486 g/mol. The Hall–Kier alpha value is -0.280. The van der Waals surface area contributed by atoms with E-state index in [1.54, 1.807) is 18.2 Å². The lowest BCUT2D eigenvalue weighted by molar-refractivity contribution is 0.181. The number of nitrogens with one attached hydrogen (secondary N) is 2. The van der Waals surface area contributed by atoms with Gasteiger partial charge >= 0.3 is 0 Å². The summed E-state index contributed by atoms with van der Waals surface area (Å²) in [6, 6.07) is 6.19. The van der Waals surface area contributed by atoms with Gasteiger partial charge in [0.1, 0.15) is 0 Å². The third-order valence-electron chi connectivity index (χ3n) is 4.41. The van der Waals surface area contributed by atoms with E-state index in [2.05, 4.69) is 34.5 Å². The molecule has 0 bridgehead atoms. The van der Waals surface area contributed by atoms with Gasteiger partial charge < -0.3 is 15.7 Å². The fourth-order valence-corrected chi connectivity index (χ4v) is 3.16. The smallest absolute Gasteiger partial charge is 0.191 e. The molecule has 0 heterocycles. The number of aliphatic hydroxyl groups is 1. The summed E-state index contributed by atoms with van der Waals surface area (Å²) in [7, 11) is 2.16. The largest absolute Gasteiger partial charge is 0.387 e. The molecule has 0 spiro atoms. The number of hydrogen-bond acceptors (Lipinski definition) is 3. The molecule has 0 radical (unpaired) electrons. The highest BCUT2D eigenvalue weighted by Gasteiger charge is 2.28. The molecule has 1 aliphatic carbocycles. The van der Waals surface area contributed by atoms with Crippen molar-refractivity contribution in [3.8, 4) is 0 Å². The van der Waals surface area contributed by atoms with E-state index in [-0.39, 0.29) is 24.0 Å². The lowest BCUT2D eigenvalue weighted by atomic mass is 10.1. The summed E-state index contributed by atoms with van der Waals surface area (Å²) in [5, 5.41) is 17.8. The lowest BCUT2D eigenvalue weighted by Gasteiger charge is -2.23. The van der Waals surface area contributed by atoms with Crippen LogP contribution in [-0.4, -0.2) is 54.7 Å². The molecule has 1 fully saturated rings. The highest BCUT2D eigenvalue weighted by Crippen LogP contribution is 2.27. The van der Waals surface area contributed by atoms with Gasteiger partial charge in [-0.25, -0.2) is 0 Å². The van der Waals surface area contributed by atoms with E-state index in [9.17, 15) is 5.11 Å². The summed E-state index contributed by atoms with van der Waals surface area (Å²) in [6.07, 6.45) is 1.86. The molecular formula is C18H29Cl2IN4O. The van der Waals surface area contributed by atoms with Crippen LogP contribution >= 0.6 is 47.2 Å². The van der Waals surface area contributed by atoms with E-state index in [0.717, 1.165) is 12.6 Å². The number of aliphatic hydroxyl groups excluding tert-OH is 1. The summed E-state index contributed by atoms with van der Waals surface area (Å²) < 4.78 is 0. The van der Waals surface area contributed by atoms with Gasteiger partial charge in [0.2, 0.25) is 0 Å². The second-order valence-corrected chi connectivity index (χ2v) is 7.44. The van der Waals surface area contributed by atoms with Crippen LogP contribution in [0.15, 0.2) is 23.2 Å². The molecule has 0 aromatic heterocycles. The van der Waals surface area contributed by atoms with E-state index < -0.39 is 6.10 Å². The van der Waals surface area contributed by atoms with Crippen molar-refractivity contribution < 1.29 is 5.11 Å². The molecule has 0 amide bonds. The maximum Gasteiger partial charge on any atom is 0.191 e. The number of aliphatic imine (C=N–C) groups is 1. The van der Waals surface area contributed by atoms with Crippen molar-refractivity contribution in [1.29, 1.82) is 0 Å². The van der Waals surface area contributed by atoms with Crippen LogP contribution in [0.2, 0.25) is 10.0 Å². The normalized spacial score (nSPS) is 16.8. The molecule has 5 nitrogen and oxygen atoms in total. The Bertz CT molecular complexity index is 578. The molecule has 1 saturated carbocycles. The van der Waals surface area contributed by atoms with Crippen LogP contribution in [0.3, 0.4) is 0 Å². The van der Waals surface area contributed by atoms with Crippen LogP contribution < -0.4 is 10.6 Å². The van der Waals surface area contributed by atoms with Crippen molar-refractivity contribution in [2.45, 2.75) is 44.9 Å². The zero-order valence-electron chi connectivity index (χ0n) is 15.5. The Balaban J connectivity index is 0.00000338. The first-order valence-electron chi connectivity index (χ1n) is 8.78. The fourth-order valence-electron chi connectivity index (χ4n) is 2.61. The summed E-state index contributed by atoms with van der Waals surface area (Å²) >= 11 is 12.0. The van der Waals surface area contributed by atoms with Crippen molar-refractivity contribution in [3.63, 3.8) is 0 Å². The van der Waals surface area contributed by atoms with Gasteiger partial charge in [0, 0.05) is 35.2 Å². The fraction of sp³-hybridized carbons (Fsp3) is 0.611. The van der Waals surface area contributed by atoms with Crippen LogP contribution in [0.25, 0.3) is 0 Å². The molecule has 0 aliphatic heterocycles. The van der Waals surface area contributed by atoms with Crippen molar-refractivity contribution in [1.82, 2.24) is 15.5 Å². The van der Waals surface area contributed by atoms with Gasteiger partial charge in [-0.2, -0.15) is 0 Å². The van der Waals surface area contributed by atoms with Crippen LogP contribution in [0.5, 0.6) is 0 Å². The van der Waals surface area contributed by atoms with Gasteiger partial charge in [-0.3, -0.25) is 9.89 Å². The van der Waals surface area contributed by atoms with Gasteiger partial charge in [0.15, 0.2) is 5.96 Å². The summed E-state index contributed by atoms with van der Waals surface area (Å²) in [5.41, 5.74) is 0.683. The van der Waals surface area contributed by atoms with Crippen LogP contribution in [0.1, 0.15) is 38.4 Å². The molecule has 0 saturated heterocycles. The van der Waals surface area contributed by atoms with E-state index >= 15 is 0 Å². The Labute approximate surface area is 183 Å². The first kappa shape index (κ1) is 23.8. The molecule has 1 aliphatic rings. The number of guanidine groups is 1. The third kappa shape index (κ3) is 7.76. The molecule has 26 heavy (non-hydrogen) atoms. The highest BCUT2D eigenvalue weighted by atomic mass is 127. The van der Waals surface area contributed by atoms with Gasteiger partial charge in [0.25, 0.3) is 0 Å². The van der Waals surface area contributed by atoms with E-state index in [1.165, 1.54) is 12.8 Å². The first-order chi connectivity index (χ1) is 11.9. The predicted octanol–water partition coefficient (Wildman–Crippen LogP) is 3.68. The number of benzene rings is 1. The number of rotatable bonds is 8. The summed E-state index contributed by atoms with van der Waals surface area (Å²) in [4.78, 5) is 7.02. The zero-order chi connectivity index (χ0) is 18.4. The van der Waals surface area contributed by atoms with Crippen LogP contribution in [-0.2, 0) is 0 Å². The average Bonchev–Trinajstić information content (AvgIpc) is 3.40. The molecule has 1 aromatic rings. The first-order valence-corrected chi connectivity index (χ1v) is 9.54. The minimum Gasteiger partial charge on any atom is -0.387 e. The van der Waals surface area contributed by atoms with Crippen LogP contribution in [0.4, 0.5) is 0 Å². The number of halogens is 3. The lowest BCUT2D eigenvalue weighted by Crippen LogP contribution is -2.41.